The van der Waals surface area contributed by atoms with Crippen molar-refractivity contribution in [1.29, 1.82) is 0 Å². The summed E-state index contributed by atoms with van der Waals surface area (Å²) < 4.78 is 36.8. The SMILES string of the molecule is CC(C)Cc1ccc(C(N)CN(C)CC(F)(F)F)cc1. The molecule has 1 unspecified atom stereocenters. The van der Waals surface area contributed by atoms with Gasteiger partial charge >= 0.3 is 6.18 Å². The van der Waals surface area contributed by atoms with E-state index in [1.54, 1.807) is 0 Å². The minimum atomic E-state index is -4.18. The van der Waals surface area contributed by atoms with Crippen LogP contribution in [0.2, 0.25) is 0 Å². The molecule has 1 atom stereocenters. The van der Waals surface area contributed by atoms with Crippen molar-refractivity contribution in [2.45, 2.75) is 32.5 Å². The molecule has 0 aromatic heterocycles. The summed E-state index contributed by atoms with van der Waals surface area (Å²) in [5, 5.41) is 0. The third-order valence-corrected chi connectivity index (χ3v) is 3.01. The fraction of sp³-hybridized carbons (Fsp3) is 0.600. The third-order valence-electron chi connectivity index (χ3n) is 3.01. The summed E-state index contributed by atoms with van der Waals surface area (Å²) in [5.74, 6) is 0.576. The average Bonchev–Trinajstić information content (AvgIpc) is 2.26. The largest absolute Gasteiger partial charge is 0.401 e. The van der Waals surface area contributed by atoms with Gasteiger partial charge in [-0.3, -0.25) is 4.90 Å². The van der Waals surface area contributed by atoms with Crippen LogP contribution < -0.4 is 5.73 Å². The van der Waals surface area contributed by atoms with E-state index in [0.717, 1.165) is 12.0 Å². The number of hydrogen-bond acceptors (Lipinski definition) is 2. The number of likely N-dealkylation sites (N-methyl/N-ethyl adjacent to an activating group) is 1. The molecule has 0 amide bonds. The minimum absolute atomic E-state index is 0.184. The van der Waals surface area contributed by atoms with Gasteiger partial charge in [-0.25, -0.2) is 0 Å². The van der Waals surface area contributed by atoms with Gasteiger partial charge < -0.3 is 5.73 Å². The summed E-state index contributed by atoms with van der Waals surface area (Å²) in [5.41, 5.74) is 8.05. The van der Waals surface area contributed by atoms with Gasteiger partial charge in [0.1, 0.15) is 0 Å². The molecule has 2 nitrogen and oxygen atoms in total. The molecular weight excluding hydrogens is 265 g/mol. The van der Waals surface area contributed by atoms with Crippen molar-refractivity contribution < 1.29 is 13.2 Å². The zero-order chi connectivity index (χ0) is 15.3. The predicted octanol–water partition coefficient (Wildman–Crippen LogP) is 3.38. The number of nitrogens with zero attached hydrogens (tertiary/aromatic N) is 1. The van der Waals surface area contributed by atoms with Crippen LogP contribution in [0.15, 0.2) is 24.3 Å². The van der Waals surface area contributed by atoms with E-state index in [2.05, 4.69) is 13.8 Å². The maximum absolute atomic E-state index is 12.3. The monoisotopic (exact) mass is 288 g/mol. The molecule has 5 heteroatoms. The Kier molecular flexibility index (Phi) is 6.02. The first kappa shape index (κ1) is 17.0. The molecule has 0 heterocycles. The molecule has 1 aromatic rings. The average molecular weight is 288 g/mol. The summed E-state index contributed by atoms with van der Waals surface area (Å²) >= 11 is 0. The molecule has 0 aliphatic carbocycles. The van der Waals surface area contributed by atoms with Crippen molar-refractivity contribution in [3.05, 3.63) is 35.4 Å². The minimum Gasteiger partial charge on any atom is -0.323 e. The van der Waals surface area contributed by atoms with Crippen LogP contribution in [0.1, 0.15) is 31.0 Å². The summed E-state index contributed by atoms with van der Waals surface area (Å²) in [6.07, 6.45) is -3.20. The maximum atomic E-state index is 12.3. The molecule has 0 aliphatic rings. The Hall–Kier alpha value is -1.07. The van der Waals surface area contributed by atoms with Crippen molar-refractivity contribution in [3.8, 4) is 0 Å². The van der Waals surface area contributed by atoms with Crippen molar-refractivity contribution in [2.75, 3.05) is 20.1 Å². The highest BCUT2D eigenvalue weighted by Gasteiger charge is 2.29. The van der Waals surface area contributed by atoms with Crippen molar-refractivity contribution >= 4 is 0 Å². The standard InChI is InChI=1S/C15H23F3N2/c1-11(2)8-12-4-6-13(7-5-12)14(19)9-20(3)10-15(16,17)18/h4-7,11,14H,8-10,19H2,1-3H3. The van der Waals surface area contributed by atoms with Gasteiger partial charge in [-0.05, 0) is 30.5 Å². The quantitative estimate of drug-likeness (QED) is 0.869. The van der Waals surface area contributed by atoms with E-state index < -0.39 is 18.8 Å². The van der Waals surface area contributed by atoms with Gasteiger partial charge in [0.05, 0.1) is 6.54 Å². The molecule has 1 rings (SSSR count). The molecular formula is C15H23F3N2. The number of benzene rings is 1. The Bertz CT molecular complexity index is 399. The second-order valence-electron chi connectivity index (χ2n) is 5.76. The van der Waals surface area contributed by atoms with Gasteiger partial charge in [-0.1, -0.05) is 38.1 Å². The Morgan fingerprint density at radius 3 is 2.15 bits per heavy atom. The van der Waals surface area contributed by atoms with E-state index in [9.17, 15) is 13.2 Å². The van der Waals surface area contributed by atoms with E-state index in [1.165, 1.54) is 17.5 Å². The molecule has 114 valence electrons. The Morgan fingerprint density at radius 2 is 1.70 bits per heavy atom. The van der Waals surface area contributed by atoms with Gasteiger partial charge in [0.15, 0.2) is 0 Å². The number of rotatable bonds is 6. The van der Waals surface area contributed by atoms with E-state index in [0.29, 0.717) is 5.92 Å². The zero-order valence-electron chi connectivity index (χ0n) is 12.2. The van der Waals surface area contributed by atoms with Crippen LogP contribution in [-0.2, 0) is 6.42 Å². The van der Waals surface area contributed by atoms with E-state index >= 15 is 0 Å². The number of halogens is 3. The fourth-order valence-corrected chi connectivity index (χ4v) is 2.18. The van der Waals surface area contributed by atoms with E-state index in [4.69, 9.17) is 5.73 Å². The number of alkyl halides is 3. The van der Waals surface area contributed by atoms with E-state index in [-0.39, 0.29) is 6.54 Å². The highest BCUT2D eigenvalue weighted by molar-refractivity contribution is 5.25. The molecule has 0 saturated heterocycles. The summed E-state index contributed by atoms with van der Waals surface area (Å²) in [7, 11) is 1.43. The lowest BCUT2D eigenvalue weighted by atomic mass is 9.99. The smallest absolute Gasteiger partial charge is 0.323 e. The lowest BCUT2D eigenvalue weighted by Crippen LogP contribution is -2.36. The molecule has 1 aromatic carbocycles. The lowest BCUT2D eigenvalue weighted by Gasteiger charge is -2.22. The van der Waals surface area contributed by atoms with Crippen LogP contribution in [0.25, 0.3) is 0 Å². The van der Waals surface area contributed by atoms with Crippen molar-refractivity contribution in [1.82, 2.24) is 4.90 Å². The zero-order valence-corrected chi connectivity index (χ0v) is 12.2. The first-order valence-electron chi connectivity index (χ1n) is 6.77. The molecule has 20 heavy (non-hydrogen) atoms. The number of nitrogens with two attached hydrogens (primary N) is 1. The second kappa shape index (κ2) is 7.09. The van der Waals surface area contributed by atoms with Crippen LogP contribution in [0.3, 0.4) is 0 Å². The third kappa shape index (κ3) is 6.39. The van der Waals surface area contributed by atoms with Crippen LogP contribution in [0.4, 0.5) is 13.2 Å². The van der Waals surface area contributed by atoms with Gasteiger partial charge in [0.2, 0.25) is 0 Å². The molecule has 0 radical (unpaired) electrons. The highest BCUT2D eigenvalue weighted by Crippen LogP contribution is 2.18. The Labute approximate surface area is 118 Å². The summed E-state index contributed by atoms with van der Waals surface area (Å²) in [6.45, 7) is 3.53. The molecule has 0 saturated carbocycles. The van der Waals surface area contributed by atoms with Crippen LogP contribution >= 0.6 is 0 Å². The molecule has 0 fully saturated rings. The fourth-order valence-electron chi connectivity index (χ4n) is 2.18. The normalized spacial score (nSPS) is 14.1. The molecule has 0 aliphatic heterocycles. The first-order valence-corrected chi connectivity index (χ1v) is 6.77. The lowest BCUT2D eigenvalue weighted by molar-refractivity contribution is -0.143. The topological polar surface area (TPSA) is 29.3 Å². The van der Waals surface area contributed by atoms with Crippen LogP contribution in [0, 0.1) is 5.92 Å². The van der Waals surface area contributed by atoms with Gasteiger partial charge in [-0.2, -0.15) is 13.2 Å². The van der Waals surface area contributed by atoms with Crippen LogP contribution in [0.5, 0.6) is 0 Å². The van der Waals surface area contributed by atoms with Crippen molar-refractivity contribution in [2.24, 2.45) is 11.7 Å². The summed E-state index contributed by atoms with van der Waals surface area (Å²) in [4.78, 5) is 1.20. The van der Waals surface area contributed by atoms with Crippen molar-refractivity contribution in [3.63, 3.8) is 0 Å². The van der Waals surface area contributed by atoms with Crippen LogP contribution in [-0.4, -0.2) is 31.2 Å². The van der Waals surface area contributed by atoms with Gasteiger partial charge in [0, 0.05) is 12.6 Å². The first-order chi connectivity index (χ1) is 9.17. The number of hydrogen-bond donors (Lipinski definition) is 1. The summed E-state index contributed by atoms with van der Waals surface area (Å²) in [6, 6.07) is 7.40. The molecule has 2 N–H and O–H groups in total. The Morgan fingerprint density at radius 1 is 1.15 bits per heavy atom. The van der Waals surface area contributed by atoms with E-state index in [1.807, 2.05) is 24.3 Å². The maximum Gasteiger partial charge on any atom is 0.401 e. The molecule has 0 bridgehead atoms. The van der Waals surface area contributed by atoms with Gasteiger partial charge in [-0.15, -0.1) is 0 Å². The van der Waals surface area contributed by atoms with Gasteiger partial charge in [0.25, 0.3) is 0 Å². The second-order valence-corrected chi connectivity index (χ2v) is 5.76. The Balaban J connectivity index is 2.57. The highest BCUT2D eigenvalue weighted by atomic mass is 19.4. The molecule has 0 spiro atoms. The predicted molar refractivity (Wildman–Crippen MR) is 75.5 cm³/mol.